The molecule has 0 amide bonds. The van der Waals surface area contributed by atoms with Gasteiger partial charge in [0.05, 0.1) is 5.69 Å². The summed E-state index contributed by atoms with van der Waals surface area (Å²) < 4.78 is 26.6. The molecule has 1 rings (SSSR count). The predicted octanol–water partition coefficient (Wildman–Crippen LogP) is 0.672. The van der Waals surface area contributed by atoms with Gasteiger partial charge in [-0.2, -0.15) is 0 Å². The van der Waals surface area contributed by atoms with Gasteiger partial charge in [0, 0.05) is 31.5 Å². The molecule has 0 bridgehead atoms. The van der Waals surface area contributed by atoms with Crippen LogP contribution in [0.3, 0.4) is 0 Å². The van der Waals surface area contributed by atoms with E-state index in [1.165, 1.54) is 18.5 Å². The zero-order valence-electron chi connectivity index (χ0n) is 11.6. The highest BCUT2D eigenvalue weighted by Crippen LogP contribution is 2.14. The largest absolute Gasteiger partial charge is 0.398 e. The minimum Gasteiger partial charge on any atom is -0.398 e. The van der Waals surface area contributed by atoms with Gasteiger partial charge in [0.1, 0.15) is 4.90 Å². The number of nitrogens with two attached hydrogens (primary N) is 1. The Bertz CT molecular complexity index is 504. The lowest BCUT2D eigenvalue weighted by Crippen LogP contribution is -2.37. The van der Waals surface area contributed by atoms with Gasteiger partial charge in [-0.3, -0.25) is 4.98 Å². The summed E-state index contributed by atoms with van der Waals surface area (Å²) in [5.41, 5.74) is 5.84. The van der Waals surface area contributed by atoms with Crippen molar-refractivity contribution in [1.82, 2.24) is 14.6 Å². The third-order valence-electron chi connectivity index (χ3n) is 3.21. The molecular formula is C12H22N4O2S. The molecule has 0 radical (unpaired) electrons. The summed E-state index contributed by atoms with van der Waals surface area (Å²) >= 11 is 0. The topological polar surface area (TPSA) is 88.3 Å². The number of anilines is 1. The van der Waals surface area contributed by atoms with Crippen LogP contribution in [0.25, 0.3) is 0 Å². The standard InChI is InChI=1S/C12H22N4O2S/c1-4-10(2)16(3)8-7-15-19(17,18)12-9-14-6-5-11(12)13/h5-6,9-10,15H,4,7-8H2,1-3H3,(H2,13,14). The molecule has 108 valence electrons. The second-order valence-electron chi connectivity index (χ2n) is 4.55. The molecule has 1 atom stereocenters. The van der Waals surface area contributed by atoms with E-state index >= 15 is 0 Å². The number of rotatable bonds is 7. The van der Waals surface area contributed by atoms with Crippen LogP contribution in [0.5, 0.6) is 0 Å². The Hall–Kier alpha value is -1.18. The smallest absolute Gasteiger partial charge is 0.244 e. The molecule has 19 heavy (non-hydrogen) atoms. The van der Waals surface area contributed by atoms with Crippen LogP contribution in [-0.2, 0) is 10.0 Å². The van der Waals surface area contributed by atoms with Gasteiger partial charge in [-0.05, 0) is 26.5 Å². The molecule has 0 aliphatic rings. The molecule has 1 aromatic rings. The minimum absolute atomic E-state index is 0.0289. The first-order valence-corrected chi connectivity index (χ1v) is 7.76. The van der Waals surface area contributed by atoms with Crippen LogP contribution < -0.4 is 10.5 Å². The second kappa shape index (κ2) is 6.83. The van der Waals surface area contributed by atoms with Crippen molar-refractivity contribution in [2.24, 2.45) is 0 Å². The van der Waals surface area contributed by atoms with E-state index in [9.17, 15) is 8.42 Å². The number of sulfonamides is 1. The Morgan fingerprint density at radius 3 is 2.79 bits per heavy atom. The lowest BCUT2D eigenvalue weighted by molar-refractivity contribution is 0.256. The van der Waals surface area contributed by atoms with Gasteiger partial charge < -0.3 is 10.6 Å². The molecule has 0 aliphatic heterocycles. The zero-order chi connectivity index (χ0) is 14.5. The van der Waals surface area contributed by atoms with E-state index in [0.29, 0.717) is 19.1 Å². The summed E-state index contributed by atoms with van der Waals surface area (Å²) in [5, 5.41) is 0. The third kappa shape index (κ3) is 4.45. The second-order valence-corrected chi connectivity index (χ2v) is 6.28. The molecule has 1 heterocycles. The van der Waals surface area contributed by atoms with E-state index in [1.807, 2.05) is 7.05 Å². The van der Waals surface area contributed by atoms with Crippen molar-refractivity contribution >= 4 is 15.7 Å². The molecule has 1 aromatic heterocycles. The maximum atomic E-state index is 12.0. The zero-order valence-corrected chi connectivity index (χ0v) is 12.4. The Kier molecular flexibility index (Phi) is 5.71. The molecule has 0 saturated carbocycles. The van der Waals surface area contributed by atoms with Gasteiger partial charge in [-0.1, -0.05) is 6.92 Å². The molecule has 0 aromatic carbocycles. The number of nitrogens with zero attached hydrogens (tertiary/aromatic N) is 2. The lowest BCUT2D eigenvalue weighted by Gasteiger charge is -2.23. The van der Waals surface area contributed by atoms with E-state index in [1.54, 1.807) is 0 Å². The molecule has 0 spiro atoms. The number of pyridine rings is 1. The van der Waals surface area contributed by atoms with E-state index in [-0.39, 0.29) is 10.6 Å². The van der Waals surface area contributed by atoms with Gasteiger partial charge in [0.2, 0.25) is 10.0 Å². The van der Waals surface area contributed by atoms with Gasteiger partial charge in [0.25, 0.3) is 0 Å². The molecule has 3 N–H and O–H groups in total. The molecule has 0 saturated heterocycles. The van der Waals surface area contributed by atoms with Crippen molar-refractivity contribution in [3.8, 4) is 0 Å². The van der Waals surface area contributed by atoms with Crippen LogP contribution >= 0.6 is 0 Å². The van der Waals surface area contributed by atoms with Crippen LogP contribution in [0.15, 0.2) is 23.4 Å². The van der Waals surface area contributed by atoms with Crippen molar-refractivity contribution in [2.75, 3.05) is 25.9 Å². The van der Waals surface area contributed by atoms with E-state index in [2.05, 4.69) is 28.5 Å². The quantitative estimate of drug-likeness (QED) is 0.769. The highest BCUT2D eigenvalue weighted by atomic mass is 32.2. The highest BCUT2D eigenvalue weighted by molar-refractivity contribution is 7.89. The van der Waals surface area contributed by atoms with Crippen LogP contribution in [0, 0.1) is 0 Å². The lowest BCUT2D eigenvalue weighted by atomic mass is 10.2. The van der Waals surface area contributed by atoms with Crippen molar-refractivity contribution in [3.05, 3.63) is 18.5 Å². The Morgan fingerprint density at radius 1 is 1.53 bits per heavy atom. The Balaban J connectivity index is 2.60. The first-order valence-electron chi connectivity index (χ1n) is 6.28. The number of nitrogen functional groups attached to an aromatic ring is 1. The molecular weight excluding hydrogens is 264 g/mol. The normalized spacial score (nSPS) is 13.7. The molecule has 0 fully saturated rings. The summed E-state index contributed by atoms with van der Waals surface area (Å²) in [6.45, 7) is 5.20. The first-order chi connectivity index (χ1) is 8.88. The minimum atomic E-state index is -3.58. The van der Waals surface area contributed by atoms with Gasteiger partial charge in [-0.25, -0.2) is 13.1 Å². The van der Waals surface area contributed by atoms with E-state index in [0.717, 1.165) is 6.42 Å². The van der Waals surface area contributed by atoms with Crippen LogP contribution in [-0.4, -0.2) is 44.5 Å². The number of hydrogen-bond donors (Lipinski definition) is 2. The number of nitrogens with one attached hydrogen (secondary N) is 1. The number of hydrogen-bond acceptors (Lipinski definition) is 5. The summed E-state index contributed by atoms with van der Waals surface area (Å²) in [6.07, 6.45) is 3.75. The van der Waals surface area contributed by atoms with Crippen molar-refractivity contribution in [1.29, 1.82) is 0 Å². The Morgan fingerprint density at radius 2 is 2.21 bits per heavy atom. The average Bonchev–Trinajstić information content (AvgIpc) is 2.37. The first kappa shape index (κ1) is 15.9. The van der Waals surface area contributed by atoms with Crippen LogP contribution in [0.2, 0.25) is 0 Å². The maximum absolute atomic E-state index is 12.0. The van der Waals surface area contributed by atoms with Gasteiger partial charge >= 0.3 is 0 Å². The summed E-state index contributed by atoms with van der Waals surface area (Å²) in [4.78, 5) is 5.92. The van der Waals surface area contributed by atoms with Crippen molar-refractivity contribution in [3.63, 3.8) is 0 Å². The molecule has 6 nitrogen and oxygen atoms in total. The van der Waals surface area contributed by atoms with Crippen LogP contribution in [0.1, 0.15) is 20.3 Å². The summed E-state index contributed by atoms with van der Waals surface area (Å²) in [6, 6.07) is 1.90. The SMILES string of the molecule is CCC(C)N(C)CCNS(=O)(=O)c1cnccc1N. The fraction of sp³-hybridized carbons (Fsp3) is 0.583. The van der Waals surface area contributed by atoms with Crippen molar-refractivity contribution < 1.29 is 8.42 Å². The average molecular weight is 286 g/mol. The monoisotopic (exact) mass is 286 g/mol. The third-order valence-corrected chi connectivity index (χ3v) is 4.71. The molecule has 1 unspecified atom stereocenters. The summed E-state index contributed by atoms with van der Waals surface area (Å²) in [5.74, 6) is 0. The van der Waals surface area contributed by atoms with Gasteiger partial charge in [0.15, 0.2) is 0 Å². The number of aromatic nitrogens is 1. The fourth-order valence-corrected chi connectivity index (χ4v) is 2.67. The van der Waals surface area contributed by atoms with Gasteiger partial charge in [-0.15, -0.1) is 0 Å². The molecule has 0 aliphatic carbocycles. The molecule has 7 heteroatoms. The van der Waals surface area contributed by atoms with Crippen LogP contribution in [0.4, 0.5) is 5.69 Å². The highest BCUT2D eigenvalue weighted by Gasteiger charge is 2.17. The summed E-state index contributed by atoms with van der Waals surface area (Å²) in [7, 11) is -1.61. The van der Waals surface area contributed by atoms with E-state index in [4.69, 9.17) is 5.73 Å². The predicted molar refractivity (Wildman–Crippen MR) is 76.2 cm³/mol. The van der Waals surface area contributed by atoms with E-state index < -0.39 is 10.0 Å². The maximum Gasteiger partial charge on any atom is 0.244 e. The fourth-order valence-electron chi connectivity index (χ4n) is 1.58. The van der Waals surface area contributed by atoms with Crippen molar-refractivity contribution in [2.45, 2.75) is 31.2 Å². The number of likely N-dealkylation sites (N-methyl/N-ethyl adjacent to an activating group) is 1. The Labute approximate surface area is 115 Å².